The molecule has 1 atom stereocenters. The maximum atomic E-state index is 13.7. The van der Waals surface area contributed by atoms with Crippen LogP contribution in [-0.2, 0) is 13.1 Å². The van der Waals surface area contributed by atoms with E-state index in [1.165, 1.54) is 12.1 Å². The SMILES string of the molecule is O=C(NCc1ccccc1)N1Cc2ccccc2-n2cccc2[C@@H]1c1ccc(F)cc1. The summed E-state index contributed by atoms with van der Waals surface area (Å²) in [6.07, 6.45) is 2.01. The van der Waals surface area contributed by atoms with Crippen LogP contribution < -0.4 is 5.32 Å². The maximum absolute atomic E-state index is 13.7. The highest BCUT2D eigenvalue weighted by Crippen LogP contribution is 2.36. The summed E-state index contributed by atoms with van der Waals surface area (Å²) in [5.74, 6) is -0.295. The second-order valence-electron chi connectivity index (χ2n) is 7.66. The average Bonchev–Trinajstić information content (AvgIpc) is 3.23. The molecule has 0 saturated heterocycles. The molecule has 0 radical (unpaired) electrons. The first-order valence-corrected chi connectivity index (χ1v) is 10.3. The molecule has 0 bridgehead atoms. The van der Waals surface area contributed by atoms with Gasteiger partial charge in [-0.3, -0.25) is 0 Å². The summed E-state index contributed by atoms with van der Waals surface area (Å²) in [4.78, 5) is 15.3. The van der Waals surface area contributed by atoms with E-state index < -0.39 is 0 Å². The van der Waals surface area contributed by atoms with E-state index in [1.807, 2.05) is 71.8 Å². The molecule has 3 aromatic carbocycles. The molecule has 0 aliphatic carbocycles. The predicted molar refractivity (Wildman–Crippen MR) is 118 cm³/mol. The van der Waals surface area contributed by atoms with Crippen molar-refractivity contribution in [1.82, 2.24) is 14.8 Å². The second-order valence-corrected chi connectivity index (χ2v) is 7.66. The van der Waals surface area contributed by atoms with Crippen LogP contribution in [0, 0.1) is 5.82 Å². The molecule has 4 nitrogen and oxygen atoms in total. The predicted octanol–water partition coefficient (Wildman–Crippen LogP) is 5.43. The lowest BCUT2D eigenvalue weighted by Crippen LogP contribution is -2.41. The summed E-state index contributed by atoms with van der Waals surface area (Å²) in [7, 11) is 0. The van der Waals surface area contributed by atoms with Gasteiger partial charge in [0, 0.05) is 18.4 Å². The molecule has 5 heteroatoms. The summed E-state index contributed by atoms with van der Waals surface area (Å²) in [5, 5.41) is 3.07. The van der Waals surface area contributed by atoms with Crippen molar-refractivity contribution in [3.63, 3.8) is 0 Å². The van der Waals surface area contributed by atoms with Gasteiger partial charge in [0.05, 0.1) is 18.3 Å². The number of para-hydroxylation sites is 1. The van der Waals surface area contributed by atoms with Crippen molar-refractivity contribution in [2.75, 3.05) is 0 Å². The zero-order chi connectivity index (χ0) is 21.2. The molecule has 31 heavy (non-hydrogen) atoms. The van der Waals surface area contributed by atoms with Crippen LogP contribution in [0.4, 0.5) is 9.18 Å². The van der Waals surface area contributed by atoms with Gasteiger partial charge in [-0.15, -0.1) is 0 Å². The number of hydrogen-bond acceptors (Lipinski definition) is 1. The van der Waals surface area contributed by atoms with Gasteiger partial charge in [-0.2, -0.15) is 0 Å². The van der Waals surface area contributed by atoms with Crippen LogP contribution in [0.1, 0.15) is 28.4 Å². The lowest BCUT2D eigenvalue weighted by atomic mass is 10.0. The average molecular weight is 411 g/mol. The third-order valence-electron chi connectivity index (χ3n) is 5.70. The van der Waals surface area contributed by atoms with Crippen molar-refractivity contribution < 1.29 is 9.18 Å². The number of fused-ring (bicyclic) bond motifs is 3. The Labute approximate surface area is 180 Å². The van der Waals surface area contributed by atoms with Gasteiger partial charge in [0.15, 0.2) is 0 Å². The number of hydrogen-bond donors (Lipinski definition) is 1. The minimum absolute atomic E-state index is 0.164. The lowest BCUT2D eigenvalue weighted by Gasteiger charge is -2.31. The summed E-state index contributed by atoms with van der Waals surface area (Å²) < 4.78 is 15.8. The quantitative estimate of drug-likeness (QED) is 0.479. The monoisotopic (exact) mass is 411 g/mol. The number of benzene rings is 3. The first-order valence-electron chi connectivity index (χ1n) is 10.3. The Hall–Kier alpha value is -3.86. The summed E-state index contributed by atoms with van der Waals surface area (Å²) >= 11 is 0. The van der Waals surface area contributed by atoms with Crippen molar-refractivity contribution in [1.29, 1.82) is 0 Å². The summed E-state index contributed by atoms with van der Waals surface area (Å²) in [6, 6.07) is 27.8. The van der Waals surface area contributed by atoms with Crippen LogP contribution in [0.2, 0.25) is 0 Å². The number of nitrogens with one attached hydrogen (secondary N) is 1. The van der Waals surface area contributed by atoms with E-state index in [-0.39, 0.29) is 17.9 Å². The lowest BCUT2D eigenvalue weighted by molar-refractivity contribution is 0.180. The zero-order valence-electron chi connectivity index (χ0n) is 16.9. The Bertz CT molecular complexity index is 1200. The first-order chi connectivity index (χ1) is 15.2. The highest BCUT2D eigenvalue weighted by atomic mass is 19.1. The van der Waals surface area contributed by atoms with Crippen LogP contribution >= 0.6 is 0 Å². The number of urea groups is 1. The summed E-state index contributed by atoms with van der Waals surface area (Å²) in [5.41, 5.74) is 4.97. The molecule has 0 saturated carbocycles. The fourth-order valence-electron chi connectivity index (χ4n) is 4.21. The van der Waals surface area contributed by atoms with Crippen molar-refractivity contribution in [3.8, 4) is 5.69 Å². The van der Waals surface area contributed by atoms with Gasteiger partial charge in [0.25, 0.3) is 0 Å². The largest absolute Gasteiger partial charge is 0.334 e. The molecule has 1 N–H and O–H groups in total. The van der Waals surface area contributed by atoms with E-state index >= 15 is 0 Å². The number of halogens is 1. The second kappa shape index (κ2) is 8.11. The van der Waals surface area contributed by atoms with E-state index in [1.54, 1.807) is 12.1 Å². The topological polar surface area (TPSA) is 37.3 Å². The normalized spacial score (nSPS) is 15.0. The number of aromatic nitrogens is 1. The van der Waals surface area contributed by atoms with Gasteiger partial charge in [-0.05, 0) is 47.0 Å². The van der Waals surface area contributed by atoms with Crippen molar-refractivity contribution in [3.05, 3.63) is 125 Å². The van der Waals surface area contributed by atoms with E-state index in [9.17, 15) is 9.18 Å². The molecule has 0 fully saturated rings. The van der Waals surface area contributed by atoms with E-state index in [4.69, 9.17) is 0 Å². The van der Waals surface area contributed by atoms with E-state index in [2.05, 4.69) is 16.0 Å². The Morgan fingerprint density at radius 3 is 2.45 bits per heavy atom. The standard InChI is InChI=1S/C26H22FN3O/c27-22-14-12-20(13-15-22)25-24-11-6-16-29(24)23-10-5-4-9-21(23)18-30(25)26(31)28-17-19-7-2-1-3-8-19/h1-16,25H,17-18H2,(H,28,31)/t25-/m0/s1. The van der Waals surface area contributed by atoms with Gasteiger partial charge in [0.2, 0.25) is 0 Å². The number of nitrogens with zero attached hydrogens (tertiary/aromatic N) is 2. The van der Waals surface area contributed by atoms with Crippen LogP contribution in [0.15, 0.2) is 97.2 Å². The zero-order valence-corrected chi connectivity index (χ0v) is 16.9. The van der Waals surface area contributed by atoms with Crippen LogP contribution in [-0.4, -0.2) is 15.5 Å². The molecule has 1 aliphatic heterocycles. The van der Waals surface area contributed by atoms with Crippen LogP contribution in [0.3, 0.4) is 0 Å². The fourth-order valence-corrected chi connectivity index (χ4v) is 4.21. The van der Waals surface area contributed by atoms with Gasteiger partial charge in [-0.25, -0.2) is 9.18 Å². The third-order valence-corrected chi connectivity index (χ3v) is 5.70. The Morgan fingerprint density at radius 2 is 1.65 bits per heavy atom. The Morgan fingerprint density at radius 1 is 0.903 bits per heavy atom. The fraction of sp³-hybridized carbons (Fsp3) is 0.115. The molecule has 0 spiro atoms. The number of carbonyl (C=O) groups excluding carboxylic acids is 1. The van der Waals surface area contributed by atoms with Crippen LogP contribution in [0.25, 0.3) is 5.69 Å². The van der Waals surface area contributed by atoms with Gasteiger partial charge >= 0.3 is 6.03 Å². The highest BCUT2D eigenvalue weighted by Gasteiger charge is 2.32. The Kier molecular flexibility index (Phi) is 5.00. The first kappa shape index (κ1) is 19.1. The van der Waals surface area contributed by atoms with Crippen molar-refractivity contribution in [2.24, 2.45) is 0 Å². The molecule has 1 aromatic heterocycles. The smallest absolute Gasteiger partial charge is 0.318 e. The molecule has 0 unspecified atom stereocenters. The molecule has 154 valence electrons. The molecule has 2 heterocycles. The number of rotatable bonds is 3. The number of amides is 2. The van der Waals surface area contributed by atoms with E-state index in [0.29, 0.717) is 13.1 Å². The van der Waals surface area contributed by atoms with Crippen LogP contribution in [0.5, 0.6) is 0 Å². The highest BCUT2D eigenvalue weighted by molar-refractivity contribution is 5.76. The molecule has 1 aliphatic rings. The van der Waals surface area contributed by atoms with Gasteiger partial charge in [-0.1, -0.05) is 60.7 Å². The van der Waals surface area contributed by atoms with Gasteiger partial charge in [0.1, 0.15) is 5.82 Å². The minimum atomic E-state index is -0.348. The molecular formula is C26H22FN3O. The van der Waals surface area contributed by atoms with Crippen molar-refractivity contribution in [2.45, 2.75) is 19.1 Å². The number of carbonyl (C=O) groups is 1. The third kappa shape index (κ3) is 3.70. The molecular weight excluding hydrogens is 389 g/mol. The minimum Gasteiger partial charge on any atom is -0.334 e. The molecule has 5 rings (SSSR count). The van der Waals surface area contributed by atoms with E-state index in [0.717, 1.165) is 28.1 Å². The van der Waals surface area contributed by atoms with Gasteiger partial charge < -0.3 is 14.8 Å². The molecule has 4 aromatic rings. The summed E-state index contributed by atoms with van der Waals surface area (Å²) in [6.45, 7) is 0.884. The molecule has 2 amide bonds. The van der Waals surface area contributed by atoms with Crippen molar-refractivity contribution >= 4 is 6.03 Å². The maximum Gasteiger partial charge on any atom is 0.318 e. The Balaban J connectivity index is 1.56.